The zero-order valence-corrected chi connectivity index (χ0v) is 18.8. The Labute approximate surface area is 84.0 Å². The molecule has 0 fully saturated rings. The molecule has 0 radical (unpaired) electrons. The van der Waals surface area contributed by atoms with E-state index in [0.29, 0.717) is 0 Å². The standard InChI is InChI=1S/2C3H7.2Hg.S/c2*1-3-2;;;/h2*3H,1-2H3;;;. The molecule has 0 saturated carbocycles. The van der Waals surface area contributed by atoms with Crippen LogP contribution in [-0.4, -0.2) is 0 Å². The van der Waals surface area contributed by atoms with Crippen LogP contribution < -0.4 is 0 Å². The van der Waals surface area contributed by atoms with Gasteiger partial charge in [0.1, 0.15) is 0 Å². The summed E-state index contributed by atoms with van der Waals surface area (Å²) in [4.78, 5) is 0. The van der Waals surface area contributed by atoms with Crippen molar-refractivity contribution >= 4 is 4.72 Å². The van der Waals surface area contributed by atoms with Gasteiger partial charge in [-0.05, 0) is 0 Å². The SMILES string of the molecule is C[CH](C)[Hg][S][Hg][CH](C)C. The Balaban J connectivity index is 2.91. The third kappa shape index (κ3) is 10.2. The summed E-state index contributed by atoms with van der Waals surface area (Å²) in [6.45, 7) is 9.62. The normalized spacial score (nSPS) is 9.56. The van der Waals surface area contributed by atoms with Crippen LogP contribution in [0.25, 0.3) is 0 Å². The van der Waals surface area contributed by atoms with Crippen molar-refractivity contribution < 1.29 is 46.1 Å². The van der Waals surface area contributed by atoms with Crippen molar-refractivity contribution in [3.05, 3.63) is 0 Å². The fourth-order valence-corrected chi connectivity index (χ4v) is 125. The predicted molar refractivity (Wildman–Crippen MR) is 37.8 cm³/mol. The molecular formula is C6H14Hg2S. The van der Waals surface area contributed by atoms with Crippen molar-refractivity contribution in [2.75, 3.05) is 0 Å². The molecule has 0 aliphatic carbocycles. The first-order valence-electron chi connectivity index (χ1n) is 3.70. The number of rotatable bonds is 4. The van der Waals surface area contributed by atoms with Gasteiger partial charge in [0.25, 0.3) is 0 Å². The summed E-state index contributed by atoms with van der Waals surface area (Å²) >= 11 is -0.680. The van der Waals surface area contributed by atoms with E-state index in [-0.39, 0.29) is 46.1 Å². The van der Waals surface area contributed by atoms with E-state index < -0.39 is 0 Å². The summed E-state index contributed by atoms with van der Waals surface area (Å²) < 4.78 is 4.78. The molecule has 0 unspecified atom stereocenters. The average Bonchev–Trinajstić information content (AvgIpc) is 1.63. The van der Waals surface area contributed by atoms with Gasteiger partial charge in [-0.2, -0.15) is 0 Å². The number of hydrogen-bond acceptors (Lipinski definition) is 1. The summed E-state index contributed by atoms with van der Waals surface area (Å²) in [6.07, 6.45) is 0. The molecular weight excluding hydrogens is 505 g/mol. The van der Waals surface area contributed by atoms with E-state index in [9.17, 15) is 0 Å². The third-order valence-electron chi connectivity index (χ3n) is 0.902. The van der Waals surface area contributed by atoms with Crippen LogP contribution in [0.1, 0.15) is 27.7 Å². The summed E-state index contributed by atoms with van der Waals surface area (Å²) in [6, 6.07) is 0. The van der Waals surface area contributed by atoms with E-state index in [1.54, 1.807) is 0 Å². The first kappa shape index (κ1) is 11.2. The molecule has 0 saturated heterocycles. The van der Waals surface area contributed by atoms with Crippen LogP contribution in [-0.2, 0) is 46.1 Å². The molecule has 0 aromatic rings. The van der Waals surface area contributed by atoms with Gasteiger partial charge < -0.3 is 0 Å². The summed E-state index contributed by atoms with van der Waals surface area (Å²) in [5.41, 5.74) is 0. The summed E-state index contributed by atoms with van der Waals surface area (Å²) in [5, 5.41) is 0. The topological polar surface area (TPSA) is 0 Å². The van der Waals surface area contributed by atoms with Crippen molar-refractivity contribution in [3.63, 3.8) is 0 Å². The molecule has 0 rings (SSSR count). The van der Waals surface area contributed by atoms with Gasteiger partial charge in [0.15, 0.2) is 0 Å². The molecule has 48 valence electrons. The van der Waals surface area contributed by atoms with Gasteiger partial charge in [-0.3, -0.25) is 0 Å². The monoisotopic (exact) mass is 522 g/mol. The molecule has 9 heavy (non-hydrogen) atoms. The fourth-order valence-electron chi connectivity index (χ4n) is 0.539. The molecule has 0 atom stereocenters. The predicted octanol–water partition coefficient (Wildman–Crippen LogP) is 3.37. The summed E-state index contributed by atoms with van der Waals surface area (Å²) in [5.74, 6) is 0. The van der Waals surface area contributed by atoms with Gasteiger partial charge in [0.2, 0.25) is 0 Å². The van der Waals surface area contributed by atoms with E-state index in [0.717, 1.165) is 6.85 Å². The van der Waals surface area contributed by atoms with Crippen molar-refractivity contribution in [2.24, 2.45) is 0 Å². The van der Waals surface area contributed by atoms with Crippen molar-refractivity contribution in [1.29, 1.82) is 0 Å². The quantitative estimate of drug-likeness (QED) is 0.514. The molecule has 0 heterocycles. The number of hydrogen-bond donors (Lipinski definition) is 0. The maximum absolute atomic E-state index is 2.51. The average molecular weight is 519 g/mol. The van der Waals surface area contributed by atoms with E-state index in [1.807, 2.05) is 0 Å². The van der Waals surface area contributed by atoms with E-state index >= 15 is 0 Å². The molecule has 0 aromatic heterocycles. The molecule has 0 aliphatic rings. The second-order valence-corrected chi connectivity index (χ2v) is 71.4. The molecule has 0 spiro atoms. The van der Waals surface area contributed by atoms with Crippen LogP contribution in [0.5, 0.6) is 0 Å². The second-order valence-electron chi connectivity index (χ2n) is 3.33. The second kappa shape index (κ2) is 6.90. The van der Waals surface area contributed by atoms with Crippen LogP contribution in [0, 0.1) is 0 Å². The van der Waals surface area contributed by atoms with Gasteiger partial charge in [0.05, 0.1) is 0 Å². The summed E-state index contributed by atoms with van der Waals surface area (Å²) in [7, 11) is 0. The van der Waals surface area contributed by atoms with Gasteiger partial charge in [0, 0.05) is 0 Å². The van der Waals surface area contributed by atoms with Gasteiger partial charge in [-0.25, -0.2) is 0 Å². The first-order valence-corrected chi connectivity index (χ1v) is 24.7. The van der Waals surface area contributed by atoms with Gasteiger partial charge in [-0.15, -0.1) is 0 Å². The third-order valence-corrected chi connectivity index (χ3v) is 72.0. The van der Waals surface area contributed by atoms with Gasteiger partial charge >= 0.3 is 85.4 Å². The molecule has 0 amide bonds. The van der Waals surface area contributed by atoms with E-state index in [1.165, 1.54) is 0 Å². The van der Waals surface area contributed by atoms with Crippen molar-refractivity contribution in [3.8, 4) is 0 Å². The van der Waals surface area contributed by atoms with Crippen LogP contribution in [0.15, 0.2) is 0 Å². The zero-order chi connectivity index (χ0) is 7.28. The molecule has 0 bridgehead atoms. The Morgan fingerprint density at radius 3 is 1.44 bits per heavy atom. The Morgan fingerprint density at radius 2 is 1.22 bits per heavy atom. The maximum atomic E-state index is 2.51. The van der Waals surface area contributed by atoms with Crippen LogP contribution in [0.2, 0.25) is 6.85 Å². The molecule has 0 aromatic carbocycles. The van der Waals surface area contributed by atoms with Crippen molar-refractivity contribution in [2.45, 2.75) is 34.5 Å². The minimum absolute atomic E-state index is 0.340. The first-order chi connectivity index (χ1) is 4.13. The Morgan fingerprint density at radius 1 is 0.889 bits per heavy atom. The minimum atomic E-state index is -0.340. The Kier molecular flexibility index (Phi) is 8.60. The molecule has 0 aliphatic heterocycles. The van der Waals surface area contributed by atoms with Crippen LogP contribution in [0.4, 0.5) is 0 Å². The van der Waals surface area contributed by atoms with Gasteiger partial charge in [-0.1, -0.05) is 0 Å². The van der Waals surface area contributed by atoms with E-state index in [4.69, 9.17) is 0 Å². The van der Waals surface area contributed by atoms with Crippen LogP contribution in [0.3, 0.4) is 0 Å². The Hall–Kier alpha value is 2.22. The van der Waals surface area contributed by atoms with Crippen molar-refractivity contribution in [1.82, 2.24) is 0 Å². The molecule has 0 N–H and O–H groups in total. The van der Waals surface area contributed by atoms with E-state index in [2.05, 4.69) is 32.4 Å². The fraction of sp³-hybridized carbons (Fsp3) is 1.00. The molecule has 0 nitrogen and oxygen atoms in total. The zero-order valence-electron chi connectivity index (χ0n) is 6.98. The Bertz CT molecular complexity index is 56.1. The van der Waals surface area contributed by atoms with Crippen LogP contribution >= 0.6 is 4.72 Å². The molecule has 3 heteroatoms.